The molecule has 0 aliphatic rings. The SMILES string of the molecule is C=CC(=O)Cc1cc(F)cc(C)c1Nc1ncc(/C=C(\F)c2c(Cl)c(OC)cc(OC)c2Cl)cn1. The van der Waals surface area contributed by atoms with Crippen LogP contribution in [0, 0.1) is 12.7 Å². The smallest absolute Gasteiger partial charge is 0.227 e. The number of aromatic nitrogens is 2. The van der Waals surface area contributed by atoms with Crippen molar-refractivity contribution in [3.8, 4) is 11.5 Å². The molecule has 0 saturated carbocycles. The number of carbonyl (C=O) groups is 1. The number of rotatable bonds is 9. The summed E-state index contributed by atoms with van der Waals surface area (Å²) >= 11 is 12.5. The summed E-state index contributed by atoms with van der Waals surface area (Å²) in [7, 11) is 2.78. The Morgan fingerprint density at radius 2 is 1.71 bits per heavy atom. The van der Waals surface area contributed by atoms with Gasteiger partial charge in [0.05, 0.1) is 29.8 Å². The van der Waals surface area contributed by atoms with E-state index in [4.69, 9.17) is 32.7 Å². The zero-order valence-electron chi connectivity index (χ0n) is 19.1. The van der Waals surface area contributed by atoms with Crippen LogP contribution >= 0.6 is 23.2 Å². The Hall–Kier alpha value is -3.49. The van der Waals surface area contributed by atoms with E-state index in [9.17, 15) is 9.18 Å². The molecule has 35 heavy (non-hydrogen) atoms. The fraction of sp³-hybridized carbons (Fsp3) is 0.160. The van der Waals surface area contributed by atoms with E-state index in [-0.39, 0.29) is 45.3 Å². The second kappa shape index (κ2) is 11.3. The quantitative estimate of drug-likeness (QED) is 0.315. The van der Waals surface area contributed by atoms with Crippen molar-refractivity contribution >= 4 is 52.5 Å². The van der Waals surface area contributed by atoms with Crippen LogP contribution in [0.3, 0.4) is 0 Å². The highest BCUT2D eigenvalue weighted by Gasteiger charge is 2.20. The molecule has 6 nitrogen and oxygen atoms in total. The molecule has 0 radical (unpaired) electrons. The monoisotopic (exact) mass is 519 g/mol. The second-order valence-corrected chi connectivity index (χ2v) is 8.10. The normalized spacial score (nSPS) is 11.2. The molecular formula is C25H21Cl2F2N3O3. The first-order valence-electron chi connectivity index (χ1n) is 10.2. The number of benzene rings is 2. The fourth-order valence-electron chi connectivity index (χ4n) is 3.29. The molecule has 3 aromatic rings. The van der Waals surface area contributed by atoms with Gasteiger partial charge in [-0.15, -0.1) is 0 Å². The van der Waals surface area contributed by atoms with Gasteiger partial charge in [-0.25, -0.2) is 18.7 Å². The predicted molar refractivity (Wildman–Crippen MR) is 134 cm³/mol. The van der Waals surface area contributed by atoms with Gasteiger partial charge in [0, 0.05) is 36.1 Å². The number of allylic oxidation sites excluding steroid dienone is 1. The molecule has 1 N–H and O–H groups in total. The Balaban J connectivity index is 1.91. The van der Waals surface area contributed by atoms with Crippen molar-refractivity contribution in [2.45, 2.75) is 13.3 Å². The highest BCUT2D eigenvalue weighted by molar-refractivity contribution is 6.39. The Kier molecular flexibility index (Phi) is 8.43. The predicted octanol–water partition coefficient (Wildman–Crippen LogP) is 6.76. The van der Waals surface area contributed by atoms with E-state index in [1.54, 1.807) is 6.92 Å². The first-order valence-corrected chi connectivity index (χ1v) is 10.9. The van der Waals surface area contributed by atoms with Gasteiger partial charge in [0.1, 0.15) is 23.1 Å². The summed E-state index contributed by atoms with van der Waals surface area (Å²) in [5.41, 5.74) is 1.72. The summed E-state index contributed by atoms with van der Waals surface area (Å²) in [5.74, 6) is -0.917. The summed E-state index contributed by atoms with van der Waals surface area (Å²) in [6.45, 7) is 5.14. The van der Waals surface area contributed by atoms with Crippen LogP contribution in [-0.2, 0) is 11.2 Å². The molecule has 182 valence electrons. The van der Waals surface area contributed by atoms with Crippen LogP contribution in [0.15, 0.2) is 43.2 Å². The molecule has 10 heteroatoms. The molecule has 0 fully saturated rings. The van der Waals surface area contributed by atoms with Crippen molar-refractivity contribution < 1.29 is 23.0 Å². The molecule has 0 unspecified atom stereocenters. The summed E-state index contributed by atoms with van der Waals surface area (Å²) in [6, 6.07) is 4.05. The third-order valence-electron chi connectivity index (χ3n) is 4.99. The van der Waals surface area contributed by atoms with Gasteiger partial charge in [-0.3, -0.25) is 4.79 Å². The number of nitrogens with zero attached hydrogens (tertiary/aromatic N) is 2. The summed E-state index contributed by atoms with van der Waals surface area (Å²) in [5, 5.41) is 2.96. The zero-order chi connectivity index (χ0) is 25.7. The van der Waals surface area contributed by atoms with Crippen LogP contribution in [-0.4, -0.2) is 30.0 Å². The third kappa shape index (κ3) is 5.96. The molecule has 0 spiro atoms. The number of ketones is 1. The van der Waals surface area contributed by atoms with E-state index in [2.05, 4.69) is 21.9 Å². The Morgan fingerprint density at radius 1 is 1.11 bits per heavy atom. The average Bonchev–Trinajstić information content (AvgIpc) is 2.82. The number of nitrogens with one attached hydrogen (secondary N) is 1. The van der Waals surface area contributed by atoms with Crippen molar-refractivity contribution in [2.24, 2.45) is 0 Å². The van der Waals surface area contributed by atoms with Crippen LogP contribution in [0.5, 0.6) is 11.5 Å². The number of anilines is 2. The third-order valence-corrected chi connectivity index (χ3v) is 5.74. The number of methoxy groups -OCH3 is 2. The molecule has 2 aromatic carbocycles. The highest BCUT2D eigenvalue weighted by atomic mass is 35.5. The second-order valence-electron chi connectivity index (χ2n) is 7.35. The number of aryl methyl sites for hydroxylation is 1. The largest absolute Gasteiger partial charge is 0.495 e. The minimum Gasteiger partial charge on any atom is -0.495 e. The number of ether oxygens (including phenoxy) is 2. The maximum Gasteiger partial charge on any atom is 0.227 e. The van der Waals surface area contributed by atoms with E-state index >= 15 is 4.39 Å². The molecule has 1 aromatic heterocycles. The van der Waals surface area contributed by atoms with Gasteiger partial charge in [-0.05, 0) is 42.3 Å². The minimum atomic E-state index is -0.749. The molecule has 3 rings (SSSR count). The van der Waals surface area contributed by atoms with E-state index < -0.39 is 11.6 Å². The van der Waals surface area contributed by atoms with Gasteiger partial charge in [-0.2, -0.15) is 0 Å². The van der Waals surface area contributed by atoms with E-state index in [1.165, 1.54) is 50.9 Å². The first kappa shape index (κ1) is 26.1. The van der Waals surface area contributed by atoms with Gasteiger partial charge < -0.3 is 14.8 Å². The van der Waals surface area contributed by atoms with E-state index in [0.29, 0.717) is 22.4 Å². The average molecular weight is 520 g/mol. The number of carbonyl (C=O) groups excluding carboxylic acids is 1. The van der Waals surface area contributed by atoms with Crippen LogP contribution in [0.1, 0.15) is 22.3 Å². The standard InChI is InChI=1S/C25H21Cl2F2N3O3/c1-5-17(33)9-15-8-16(28)6-13(2)24(15)32-25-30-11-14(12-31-25)7-18(29)21-22(26)19(34-3)10-20(35-4)23(21)27/h5-8,10-12H,1,9H2,2-4H3,(H,30,31,32)/b18-7-. The van der Waals surface area contributed by atoms with E-state index in [1.807, 2.05) is 0 Å². The summed E-state index contributed by atoms with van der Waals surface area (Å²) in [4.78, 5) is 20.2. The van der Waals surface area contributed by atoms with Gasteiger partial charge in [0.2, 0.25) is 5.95 Å². The van der Waals surface area contributed by atoms with Crippen molar-refractivity contribution in [3.63, 3.8) is 0 Å². The van der Waals surface area contributed by atoms with Crippen molar-refractivity contribution in [1.29, 1.82) is 0 Å². The van der Waals surface area contributed by atoms with Gasteiger partial charge in [-0.1, -0.05) is 29.8 Å². The maximum absolute atomic E-state index is 15.2. The summed E-state index contributed by atoms with van der Waals surface area (Å²) in [6.07, 6.45) is 5.05. The molecular weight excluding hydrogens is 499 g/mol. The Bertz CT molecular complexity index is 1280. The molecule has 0 saturated heterocycles. The number of halogens is 4. The molecule has 0 bridgehead atoms. The molecule has 0 amide bonds. The first-order chi connectivity index (χ1) is 16.7. The lowest BCUT2D eigenvalue weighted by Crippen LogP contribution is -2.06. The van der Waals surface area contributed by atoms with Crippen LogP contribution in [0.25, 0.3) is 11.9 Å². The minimum absolute atomic E-state index is 0.0142. The molecule has 1 heterocycles. The summed E-state index contributed by atoms with van der Waals surface area (Å²) < 4.78 is 39.4. The lowest BCUT2D eigenvalue weighted by molar-refractivity contribution is -0.114. The van der Waals surface area contributed by atoms with E-state index in [0.717, 1.165) is 6.08 Å². The van der Waals surface area contributed by atoms with Crippen molar-refractivity contribution in [3.05, 3.63) is 81.4 Å². The lowest BCUT2D eigenvalue weighted by Gasteiger charge is -2.14. The molecule has 0 atom stereocenters. The van der Waals surface area contributed by atoms with Crippen molar-refractivity contribution in [2.75, 3.05) is 19.5 Å². The van der Waals surface area contributed by atoms with Gasteiger partial charge in [0.25, 0.3) is 0 Å². The lowest BCUT2D eigenvalue weighted by atomic mass is 10.0. The van der Waals surface area contributed by atoms with Gasteiger partial charge in [0.15, 0.2) is 5.78 Å². The van der Waals surface area contributed by atoms with Crippen LogP contribution < -0.4 is 14.8 Å². The highest BCUT2D eigenvalue weighted by Crippen LogP contribution is 2.44. The Labute approximate surface area is 211 Å². The topological polar surface area (TPSA) is 73.3 Å². The zero-order valence-corrected chi connectivity index (χ0v) is 20.6. The van der Waals surface area contributed by atoms with Crippen LogP contribution in [0.4, 0.5) is 20.4 Å². The Morgan fingerprint density at radius 3 is 2.26 bits per heavy atom. The molecule has 0 aliphatic carbocycles. The van der Waals surface area contributed by atoms with Crippen molar-refractivity contribution in [1.82, 2.24) is 9.97 Å². The number of hydrogen-bond acceptors (Lipinski definition) is 6. The fourth-order valence-corrected chi connectivity index (χ4v) is 3.97. The van der Waals surface area contributed by atoms with Crippen LogP contribution in [0.2, 0.25) is 10.0 Å². The maximum atomic E-state index is 15.2. The number of hydrogen-bond donors (Lipinski definition) is 1. The van der Waals surface area contributed by atoms with Gasteiger partial charge >= 0.3 is 0 Å². The molecule has 0 aliphatic heterocycles.